The fourth-order valence-electron chi connectivity index (χ4n) is 6.07. The van der Waals surface area contributed by atoms with Crippen molar-refractivity contribution in [1.29, 1.82) is 0 Å². The standard InChI is InChI=1S/C26H34N6O2S2/c1-14(2)21-22(20-11-32-24(27-13-28-32)16(4)15(20)3)30-26-23(21)31-25(35-26)17-5-7-18(8-6-17)29-19-9-10-36(33,34)12-19/h11,13-14,17-19,29-30H,5-10,12H2,1-4H3. The third kappa shape index (κ3) is 4.16. The van der Waals surface area contributed by atoms with E-state index in [9.17, 15) is 8.42 Å². The van der Waals surface area contributed by atoms with Crippen LogP contribution in [0.25, 0.3) is 27.3 Å². The maximum Gasteiger partial charge on any atom is 0.158 e. The van der Waals surface area contributed by atoms with Crippen molar-refractivity contribution in [3.05, 3.63) is 34.2 Å². The largest absolute Gasteiger partial charge is 0.345 e. The molecule has 1 aliphatic heterocycles. The number of hydrogen-bond donors (Lipinski definition) is 2. The lowest BCUT2D eigenvalue weighted by Gasteiger charge is -2.30. The van der Waals surface area contributed by atoms with Crippen molar-refractivity contribution in [1.82, 2.24) is 29.9 Å². The van der Waals surface area contributed by atoms with Gasteiger partial charge in [-0.3, -0.25) is 0 Å². The Hall–Kier alpha value is -2.30. The third-order valence-electron chi connectivity index (χ3n) is 8.16. The SMILES string of the molecule is Cc1c(-c2[nH]c3sc(C4CCC(NC5CCS(=O)(=O)C5)CC4)nc3c2C(C)C)cn2ncnc2c1C. The molecule has 6 rings (SSSR count). The predicted molar refractivity (Wildman–Crippen MR) is 145 cm³/mol. The zero-order valence-corrected chi connectivity index (χ0v) is 23.0. The van der Waals surface area contributed by atoms with Gasteiger partial charge in [-0.15, -0.1) is 11.3 Å². The van der Waals surface area contributed by atoms with Gasteiger partial charge >= 0.3 is 0 Å². The summed E-state index contributed by atoms with van der Waals surface area (Å²) in [6.07, 6.45) is 8.78. The summed E-state index contributed by atoms with van der Waals surface area (Å²) in [5.74, 6) is 1.43. The highest BCUT2D eigenvalue weighted by Crippen LogP contribution is 2.43. The molecule has 192 valence electrons. The van der Waals surface area contributed by atoms with E-state index in [1.165, 1.54) is 16.1 Å². The van der Waals surface area contributed by atoms with Gasteiger partial charge in [-0.1, -0.05) is 13.8 Å². The molecular formula is C26H34N6O2S2. The van der Waals surface area contributed by atoms with Gasteiger partial charge in [-0.2, -0.15) is 5.10 Å². The van der Waals surface area contributed by atoms with Gasteiger partial charge in [0.05, 0.1) is 22.2 Å². The summed E-state index contributed by atoms with van der Waals surface area (Å²) in [5, 5.41) is 9.24. The second-order valence-electron chi connectivity index (χ2n) is 10.9. The molecule has 8 nitrogen and oxygen atoms in total. The van der Waals surface area contributed by atoms with Crippen molar-refractivity contribution in [2.45, 2.75) is 83.7 Å². The lowest BCUT2D eigenvalue weighted by atomic mass is 9.86. The average molecular weight is 527 g/mol. The van der Waals surface area contributed by atoms with Crippen LogP contribution < -0.4 is 5.32 Å². The summed E-state index contributed by atoms with van der Waals surface area (Å²) in [4.78, 5) is 14.5. The molecule has 1 saturated heterocycles. The molecule has 4 aromatic heterocycles. The molecule has 0 radical (unpaired) electrons. The Kier molecular flexibility index (Phi) is 5.96. The van der Waals surface area contributed by atoms with Crippen molar-refractivity contribution >= 4 is 37.2 Å². The number of sulfone groups is 1. The Morgan fingerprint density at radius 1 is 1.11 bits per heavy atom. The van der Waals surface area contributed by atoms with Crippen LogP contribution in [0.5, 0.6) is 0 Å². The van der Waals surface area contributed by atoms with E-state index in [0.717, 1.165) is 64.9 Å². The lowest BCUT2D eigenvalue weighted by molar-refractivity contribution is 0.321. The molecule has 1 unspecified atom stereocenters. The minimum Gasteiger partial charge on any atom is -0.345 e. The number of aromatic nitrogens is 5. The quantitative estimate of drug-likeness (QED) is 0.384. The van der Waals surface area contributed by atoms with E-state index < -0.39 is 9.84 Å². The summed E-state index contributed by atoms with van der Waals surface area (Å²) in [7, 11) is -2.84. The number of hydrogen-bond acceptors (Lipinski definition) is 7. The fraction of sp³-hybridized carbons (Fsp3) is 0.577. The number of nitrogens with one attached hydrogen (secondary N) is 2. The molecule has 0 bridgehead atoms. The van der Waals surface area contributed by atoms with E-state index in [1.807, 2.05) is 4.52 Å². The Bertz CT molecular complexity index is 1540. The van der Waals surface area contributed by atoms with Gasteiger partial charge in [0.15, 0.2) is 15.5 Å². The maximum atomic E-state index is 11.8. The van der Waals surface area contributed by atoms with Crippen molar-refractivity contribution < 1.29 is 8.42 Å². The monoisotopic (exact) mass is 526 g/mol. The first-order valence-electron chi connectivity index (χ1n) is 13.0. The van der Waals surface area contributed by atoms with Crippen LogP contribution in [0.2, 0.25) is 0 Å². The average Bonchev–Trinajstić information content (AvgIpc) is 3.59. The minimum absolute atomic E-state index is 0.130. The number of fused-ring (bicyclic) bond motifs is 2. The number of aryl methyl sites for hydroxylation is 1. The normalized spacial score (nSPS) is 24.4. The highest BCUT2D eigenvalue weighted by Gasteiger charge is 2.32. The first kappa shape index (κ1) is 24.1. The lowest BCUT2D eigenvalue weighted by Crippen LogP contribution is -2.40. The summed E-state index contributed by atoms with van der Waals surface area (Å²) in [6.45, 7) is 8.74. The molecule has 1 saturated carbocycles. The zero-order valence-electron chi connectivity index (χ0n) is 21.3. The van der Waals surface area contributed by atoms with E-state index in [2.05, 4.69) is 54.3 Å². The molecule has 0 spiro atoms. The van der Waals surface area contributed by atoms with E-state index in [1.54, 1.807) is 17.7 Å². The second-order valence-corrected chi connectivity index (χ2v) is 14.2. The number of thiazole rings is 1. The molecule has 5 heterocycles. The first-order chi connectivity index (χ1) is 17.2. The Morgan fingerprint density at radius 2 is 1.89 bits per heavy atom. The van der Waals surface area contributed by atoms with Crippen LogP contribution in [0.15, 0.2) is 12.5 Å². The Morgan fingerprint density at radius 3 is 2.58 bits per heavy atom. The topological polar surface area (TPSA) is 105 Å². The molecule has 0 amide bonds. The molecule has 1 aliphatic carbocycles. The van der Waals surface area contributed by atoms with Crippen LogP contribution in [0.1, 0.15) is 79.5 Å². The predicted octanol–water partition coefficient (Wildman–Crippen LogP) is 4.88. The van der Waals surface area contributed by atoms with Crippen LogP contribution in [0.3, 0.4) is 0 Å². The molecule has 2 fully saturated rings. The first-order valence-corrected chi connectivity index (χ1v) is 15.6. The molecular weight excluding hydrogens is 492 g/mol. The molecule has 2 N–H and O–H groups in total. The van der Waals surface area contributed by atoms with Crippen molar-refractivity contribution in [3.8, 4) is 11.3 Å². The fourth-order valence-corrected chi connectivity index (χ4v) is 8.91. The van der Waals surface area contributed by atoms with E-state index in [0.29, 0.717) is 29.4 Å². The van der Waals surface area contributed by atoms with Crippen LogP contribution >= 0.6 is 11.3 Å². The van der Waals surface area contributed by atoms with Crippen molar-refractivity contribution in [3.63, 3.8) is 0 Å². The van der Waals surface area contributed by atoms with Crippen LogP contribution in [-0.2, 0) is 9.84 Å². The van der Waals surface area contributed by atoms with Gasteiger partial charge in [0.2, 0.25) is 0 Å². The third-order valence-corrected chi connectivity index (χ3v) is 11.1. The maximum absolute atomic E-state index is 11.8. The number of nitrogens with zero attached hydrogens (tertiary/aromatic N) is 4. The zero-order chi connectivity index (χ0) is 25.2. The summed E-state index contributed by atoms with van der Waals surface area (Å²) in [6, 6.07) is 0.547. The number of H-pyrrole nitrogens is 1. The van der Waals surface area contributed by atoms with E-state index in [4.69, 9.17) is 4.98 Å². The summed E-state index contributed by atoms with van der Waals surface area (Å²) >= 11 is 1.80. The minimum atomic E-state index is -2.84. The molecule has 10 heteroatoms. The molecule has 4 aromatic rings. The second kappa shape index (κ2) is 8.92. The van der Waals surface area contributed by atoms with Gasteiger partial charge in [-0.25, -0.2) is 22.9 Å². The van der Waals surface area contributed by atoms with Crippen molar-refractivity contribution in [2.75, 3.05) is 11.5 Å². The number of rotatable bonds is 5. The van der Waals surface area contributed by atoms with Crippen LogP contribution in [0.4, 0.5) is 0 Å². The van der Waals surface area contributed by atoms with Crippen molar-refractivity contribution in [2.24, 2.45) is 0 Å². The van der Waals surface area contributed by atoms with E-state index >= 15 is 0 Å². The molecule has 36 heavy (non-hydrogen) atoms. The van der Waals surface area contributed by atoms with Gasteiger partial charge in [0, 0.05) is 35.3 Å². The summed E-state index contributed by atoms with van der Waals surface area (Å²) < 4.78 is 25.4. The van der Waals surface area contributed by atoms with E-state index in [-0.39, 0.29) is 6.04 Å². The highest BCUT2D eigenvalue weighted by molar-refractivity contribution is 7.91. The van der Waals surface area contributed by atoms with Crippen LogP contribution in [0, 0.1) is 13.8 Å². The van der Waals surface area contributed by atoms with Gasteiger partial charge in [0.1, 0.15) is 16.7 Å². The number of aromatic amines is 1. The van der Waals surface area contributed by atoms with Gasteiger partial charge in [0.25, 0.3) is 0 Å². The molecule has 0 aromatic carbocycles. The molecule has 2 aliphatic rings. The number of pyridine rings is 1. The smallest absolute Gasteiger partial charge is 0.158 e. The Labute approximate surface area is 215 Å². The molecule has 1 atom stereocenters. The van der Waals surface area contributed by atoms with Gasteiger partial charge < -0.3 is 10.3 Å². The van der Waals surface area contributed by atoms with Gasteiger partial charge in [-0.05, 0) is 63.0 Å². The highest BCUT2D eigenvalue weighted by atomic mass is 32.2. The summed E-state index contributed by atoms with van der Waals surface area (Å²) in [5.41, 5.74) is 7.93. The Balaban J connectivity index is 1.25. The van der Waals surface area contributed by atoms with Crippen LogP contribution in [-0.4, -0.2) is 56.6 Å².